The van der Waals surface area contributed by atoms with Crippen LogP contribution in [0.25, 0.3) is 0 Å². The summed E-state index contributed by atoms with van der Waals surface area (Å²) in [4.78, 5) is 14.0. The van der Waals surface area contributed by atoms with E-state index >= 15 is 0 Å². The second-order valence-electron chi connectivity index (χ2n) is 4.90. The molecule has 1 aliphatic rings. The molecule has 98 valence electrons. The standard InChI is InChI=1S/C14H18BrNO2/c1-10-6-12(9-18-10)14(17)16(2)8-11-4-3-5-13(15)7-11/h3-5,7,10,12H,6,8-9H2,1-2H3. The molecule has 18 heavy (non-hydrogen) atoms. The van der Waals surface area contributed by atoms with Crippen molar-refractivity contribution in [3.8, 4) is 0 Å². The first-order valence-corrected chi connectivity index (χ1v) is 6.96. The van der Waals surface area contributed by atoms with E-state index in [0.717, 1.165) is 16.5 Å². The molecular formula is C14H18BrNO2. The number of hydrogen-bond acceptors (Lipinski definition) is 2. The van der Waals surface area contributed by atoms with Crippen molar-refractivity contribution in [2.45, 2.75) is 26.0 Å². The number of nitrogens with zero attached hydrogens (tertiary/aromatic N) is 1. The maximum atomic E-state index is 12.2. The number of carbonyl (C=O) groups is 1. The zero-order valence-electron chi connectivity index (χ0n) is 10.7. The Balaban J connectivity index is 1.95. The van der Waals surface area contributed by atoms with Gasteiger partial charge in [0.05, 0.1) is 18.6 Å². The average Bonchev–Trinajstić information content (AvgIpc) is 2.75. The van der Waals surface area contributed by atoms with E-state index in [-0.39, 0.29) is 17.9 Å². The summed E-state index contributed by atoms with van der Waals surface area (Å²) in [6.45, 7) is 3.22. The van der Waals surface area contributed by atoms with Crippen molar-refractivity contribution in [3.63, 3.8) is 0 Å². The van der Waals surface area contributed by atoms with Crippen molar-refractivity contribution in [2.75, 3.05) is 13.7 Å². The topological polar surface area (TPSA) is 29.5 Å². The third-order valence-electron chi connectivity index (χ3n) is 3.23. The minimum Gasteiger partial charge on any atom is -0.378 e. The van der Waals surface area contributed by atoms with Crippen LogP contribution in [0, 0.1) is 5.92 Å². The Labute approximate surface area is 116 Å². The van der Waals surface area contributed by atoms with Gasteiger partial charge in [-0.1, -0.05) is 28.1 Å². The van der Waals surface area contributed by atoms with E-state index in [1.165, 1.54) is 0 Å². The first-order chi connectivity index (χ1) is 8.56. The van der Waals surface area contributed by atoms with Crippen molar-refractivity contribution in [3.05, 3.63) is 34.3 Å². The first kappa shape index (κ1) is 13.6. The van der Waals surface area contributed by atoms with Crippen LogP contribution in [0.4, 0.5) is 0 Å². The summed E-state index contributed by atoms with van der Waals surface area (Å²) in [5.41, 5.74) is 1.13. The monoisotopic (exact) mass is 311 g/mol. The number of halogens is 1. The second-order valence-corrected chi connectivity index (χ2v) is 5.82. The number of benzene rings is 1. The molecule has 0 radical (unpaired) electrons. The van der Waals surface area contributed by atoms with Crippen LogP contribution in [0.1, 0.15) is 18.9 Å². The molecule has 3 nitrogen and oxygen atoms in total. The fourth-order valence-electron chi connectivity index (χ4n) is 2.29. The fraction of sp³-hybridized carbons (Fsp3) is 0.500. The molecule has 1 aliphatic heterocycles. The van der Waals surface area contributed by atoms with Gasteiger partial charge in [0.2, 0.25) is 5.91 Å². The summed E-state index contributed by atoms with van der Waals surface area (Å²) in [6, 6.07) is 8.04. The van der Waals surface area contributed by atoms with Crippen molar-refractivity contribution in [2.24, 2.45) is 5.92 Å². The molecule has 0 spiro atoms. The average molecular weight is 312 g/mol. The highest BCUT2D eigenvalue weighted by Gasteiger charge is 2.30. The van der Waals surface area contributed by atoms with E-state index in [1.807, 2.05) is 38.2 Å². The van der Waals surface area contributed by atoms with Gasteiger partial charge in [-0.2, -0.15) is 0 Å². The number of carbonyl (C=O) groups excluding carboxylic acids is 1. The van der Waals surface area contributed by atoms with Crippen LogP contribution in [0.15, 0.2) is 28.7 Å². The molecule has 0 bridgehead atoms. The molecule has 2 unspecified atom stereocenters. The van der Waals surface area contributed by atoms with E-state index in [2.05, 4.69) is 15.9 Å². The van der Waals surface area contributed by atoms with Gasteiger partial charge in [-0.3, -0.25) is 4.79 Å². The molecule has 1 aromatic carbocycles. The largest absolute Gasteiger partial charge is 0.378 e. The van der Waals surface area contributed by atoms with Gasteiger partial charge in [-0.05, 0) is 31.0 Å². The first-order valence-electron chi connectivity index (χ1n) is 6.17. The van der Waals surface area contributed by atoms with Crippen LogP contribution in [0.2, 0.25) is 0 Å². The molecule has 1 fully saturated rings. The minimum atomic E-state index is 0.0251. The van der Waals surface area contributed by atoms with Crippen LogP contribution in [-0.2, 0) is 16.1 Å². The molecule has 4 heteroatoms. The van der Waals surface area contributed by atoms with Gasteiger partial charge >= 0.3 is 0 Å². The Morgan fingerprint density at radius 1 is 1.56 bits per heavy atom. The lowest BCUT2D eigenvalue weighted by Crippen LogP contribution is -2.32. The normalized spacial score (nSPS) is 23.1. The van der Waals surface area contributed by atoms with Crippen molar-refractivity contribution in [1.29, 1.82) is 0 Å². The van der Waals surface area contributed by atoms with Gasteiger partial charge < -0.3 is 9.64 Å². The highest BCUT2D eigenvalue weighted by atomic mass is 79.9. The minimum absolute atomic E-state index is 0.0251. The second kappa shape index (κ2) is 5.85. The lowest BCUT2D eigenvalue weighted by Gasteiger charge is -2.20. The van der Waals surface area contributed by atoms with E-state index in [9.17, 15) is 4.79 Å². The Hall–Kier alpha value is -0.870. The molecular weight excluding hydrogens is 294 g/mol. The van der Waals surface area contributed by atoms with Crippen LogP contribution in [0.5, 0.6) is 0 Å². The zero-order valence-corrected chi connectivity index (χ0v) is 12.3. The Morgan fingerprint density at radius 3 is 2.94 bits per heavy atom. The maximum absolute atomic E-state index is 12.2. The van der Waals surface area contributed by atoms with Gasteiger partial charge in [-0.25, -0.2) is 0 Å². The van der Waals surface area contributed by atoms with E-state index in [0.29, 0.717) is 13.2 Å². The van der Waals surface area contributed by atoms with Crippen LogP contribution >= 0.6 is 15.9 Å². The number of hydrogen-bond donors (Lipinski definition) is 0. The maximum Gasteiger partial charge on any atom is 0.228 e. The summed E-state index contributed by atoms with van der Waals surface area (Å²) in [7, 11) is 1.85. The molecule has 1 aromatic rings. The summed E-state index contributed by atoms with van der Waals surface area (Å²) < 4.78 is 6.49. The smallest absolute Gasteiger partial charge is 0.228 e. The van der Waals surface area contributed by atoms with Gasteiger partial charge in [0.15, 0.2) is 0 Å². The molecule has 0 aromatic heterocycles. The lowest BCUT2D eigenvalue weighted by atomic mass is 10.0. The Bertz CT molecular complexity index is 436. The van der Waals surface area contributed by atoms with Crippen molar-refractivity contribution in [1.82, 2.24) is 4.90 Å². The summed E-state index contributed by atoms with van der Waals surface area (Å²) >= 11 is 3.44. The molecule has 1 amide bonds. The van der Waals surface area contributed by atoms with Crippen molar-refractivity contribution >= 4 is 21.8 Å². The highest BCUT2D eigenvalue weighted by molar-refractivity contribution is 9.10. The van der Waals surface area contributed by atoms with Crippen LogP contribution < -0.4 is 0 Å². The zero-order chi connectivity index (χ0) is 13.1. The predicted octanol–water partition coefficient (Wildman–Crippen LogP) is 2.83. The fourth-order valence-corrected chi connectivity index (χ4v) is 2.73. The van der Waals surface area contributed by atoms with E-state index in [1.54, 1.807) is 4.90 Å². The Morgan fingerprint density at radius 2 is 2.33 bits per heavy atom. The SMILES string of the molecule is CC1CC(C(=O)N(C)Cc2cccc(Br)c2)CO1. The molecule has 0 N–H and O–H groups in total. The molecule has 0 aliphatic carbocycles. The lowest BCUT2D eigenvalue weighted by molar-refractivity contribution is -0.134. The van der Waals surface area contributed by atoms with E-state index < -0.39 is 0 Å². The third-order valence-corrected chi connectivity index (χ3v) is 3.73. The molecule has 1 saturated heterocycles. The Kier molecular flexibility index (Phi) is 4.40. The predicted molar refractivity (Wildman–Crippen MR) is 74.1 cm³/mol. The van der Waals surface area contributed by atoms with Crippen LogP contribution in [-0.4, -0.2) is 30.6 Å². The van der Waals surface area contributed by atoms with E-state index in [4.69, 9.17) is 4.74 Å². The van der Waals surface area contributed by atoms with Crippen LogP contribution in [0.3, 0.4) is 0 Å². The van der Waals surface area contributed by atoms with Gasteiger partial charge in [0.1, 0.15) is 0 Å². The number of ether oxygens (including phenoxy) is 1. The number of amides is 1. The quantitative estimate of drug-likeness (QED) is 0.859. The van der Waals surface area contributed by atoms with Gasteiger partial charge in [0, 0.05) is 18.1 Å². The van der Waals surface area contributed by atoms with Gasteiger partial charge in [0.25, 0.3) is 0 Å². The summed E-state index contributed by atoms with van der Waals surface area (Å²) in [5.74, 6) is 0.205. The highest BCUT2D eigenvalue weighted by Crippen LogP contribution is 2.22. The van der Waals surface area contributed by atoms with Crippen molar-refractivity contribution < 1.29 is 9.53 Å². The summed E-state index contributed by atoms with van der Waals surface area (Å²) in [5, 5.41) is 0. The molecule has 0 saturated carbocycles. The molecule has 1 heterocycles. The third kappa shape index (κ3) is 3.33. The molecule has 2 rings (SSSR count). The summed E-state index contributed by atoms with van der Waals surface area (Å²) in [6.07, 6.45) is 1.04. The molecule has 2 atom stereocenters. The van der Waals surface area contributed by atoms with Gasteiger partial charge in [-0.15, -0.1) is 0 Å². The number of rotatable bonds is 3.